The van der Waals surface area contributed by atoms with Gasteiger partial charge in [-0.25, -0.2) is 0 Å². The number of hydrogen-bond donors (Lipinski definition) is 1. The highest BCUT2D eigenvalue weighted by Gasteiger charge is 2.23. The Morgan fingerprint density at radius 1 is 1.19 bits per heavy atom. The molecule has 0 aromatic rings. The number of hydrogen-bond acceptors (Lipinski definition) is 4. The highest BCUT2D eigenvalue weighted by Crippen LogP contribution is 2.14. The third kappa shape index (κ3) is 8.25. The van der Waals surface area contributed by atoms with E-state index in [1.165, 1.54) is 0 Å². The number of aliphatic hydroxyl groups is 1. The standard InChI is InChI=1S/C15H28N2O2.2ClH/c1-5-15(4,6-2)19-13-14(18)12-17-10-8-16(7-3)9-11-17;;/h1,14,18H,6-13H2,2-4H3;2*1H. The van der Waals surface area contributed by atoms with Gasteiger partial charge in [-0.15, -0.1) is 31.2 Å². The molecule has 6 heteroatoms. The predicted molar refractivity (Wildman–Crippen MR) is 92.5 cm³/mol. The van der Waals surface area contributed by atoms with Gasteiger partial charge in [-0.05, 0) is 19.9 Å². The SMILES string of the molecule is C#CC(C)(CC)OCC(O)CN1CCN(CC)CC1.Cl.Cl. The maximum Gasteiger partial charge on any atom is 0.125 e. The van der Waals surface area contributed by atoms with Gasteiger partial charge < -0.3 is 14.7 Å². The lowest BCUT2D eigenvalue weighted by Crippen LogP contribution is -2.49. The van der Waals surface area contributed by atoms with Gasteiger partial charge in [-0.3, -0.25) is 4.90 Å². The molecule has 0 spiro atoms. The number of halogens is 2. The lowest BCUT2D eigenvalue weighted by Gasteiger charge is -2.35. The Morgan fingerprint density at radius 2 is 1.71 bits per heavy atom. The average molecular weight is 341 g/mol. The fourth-order valence-corrected chi connectivity index (χ4v) is 2.16. The second kappa shape index (κ2) is 11.5. The molecule has 1 aliphatic heterocycles. The topological polar surface area (TPSA) is 35.9 Å². The van der Waals surface area contributed by atoms with Gasteiger partial charge in [0.15, 0.2) is 0 Å². The largest absolute Gasteiger partial charge is 0.389 e. The molecule has 0 bridgehead atoms. The van der Waals surface area contributed by atoms with E-state index >= 15 is 0 Å². The Morgan fingerprint density at radius 3 is 2.14 bits per heavy atom. The van der Waals surface area contributed by atoms with Crippen LogP contribution >= 0.6 is 24.8 Å². The van der Waals surface area contributed by atoms with Crippen molar-refractivity contribution in [2.75, 3.05) is 45.9 Å². The molecule has 1 rings (SSSR count). The zero-order valence-electron chi connectivity index (χ0n) is 13.4. The number of aliphatic hydroxyl groups excluding tert-OH is 1. The van der Waals surface area contributed by atoms with Gasteiger partial charge in [0, 0.05) is 32.7 Å². The van der Waals surface area contributed by atoms with Crippen LogP contribution in [0.25, 0.3) is 0 Å². The van der Waals surface area contributed by atoms with Crippen molar-refractivity contribution in [1.29, 1.82) is 0 Å². The van der Waals surface area contributed by atoms with E-state index in [1.807, 2.05) is 13.8 Å². The lowest BCUT2D eigenvalue weighted by molar-refractivity contribution is -0.0499. The molecule has 0 amide bonds. The van der Waals surface area contributed by atoms with Crippen LogP contribution < -0.4 is 0 Å². The van der Waals surface area contributed by atoms with Crippen molar-refractivity contribution in [1.82, 2.24) is 9.80 Å². The fraction of sp³-hybridized carbons (Fsp3) is 0.867. The molecule has 0 saturated carbocycles. The summed E-state index contributed by atoms with van der Waals surface area (Å²) >= 11 is 0. The molecule has 0 aromatic carbocycles. The zero-order chi connectivity index (χ0) is 14.3. The summed E-state index contributed by atoms with van der Waals surface area (Å²) in [5.41, 5.74) is -0.554. The molecule has 21 heavy (non-hydrogen) atoms. The van der Waals surface area contributed by atoms with Crippen LogP contribution in [0, 0.1) is 12.3 Å². The first-order valence-electron chi connectivity index (χ1n) is 7.27. The molecular weight excluding hydrogens is 311 g/mol. The smallest absolute Gasteiger partial charge is 0.125 e. The normalized spacial score (nSPS) is 20.5. The van der Waals surface area contributed by atoms with Crippen molar-refractivity contribution in [3.63, 3.8) is 0 Å². The van der Waals surface area contributed by atoms with Gasteiger partial charge in [-0.1, -0.05) is 19.8 Å². The summed E-state index contributed by atoms with van der Waals surface area (Å²) in [6.45, 7) is 12.4. The number of ether oxygens (including phenoxy) is 1. The maximum atomic E-state index is 10.0. The molecule has 1 saturated heterocycles. The van der Waals surface area contributed by atoms with E-state index in [4.69, 9.17) is 11.2 Å². The summed E-state index contributed by atoms with van der Waals surface area (Å²) in [5.74, 6) is 2.65. The van der Waals surface area contributed by atoms with Crippen molar-refractivity contribution in [3.05, 3.63) is 0 Å². The molecule has 4 nitrogen and oxygen atoms in total. The summed E-state index contributed by atoms with van der Waals surface area (Å²) in [7, 11) is 0. The molecule has 0 aliphatic carbocycles. The van der Waals surface area contributed by atoms with E-state index in [2.05, 4.69) is 22.6 Å². The minimum absolute atomic E-state index is 0. The zero-order valence-corrected chi connectivity index (χ0v) is 15.0. The Labute approximate surface area is 142 Å². The summed E-state index contributed by atoms with van der Waals surface area (Å²) in [6, 6.07) is 0. The first kappa shape index (κ1) is 23.2. The van der Waals surface area contributed by atoms with E-state index in [-0.39, 0.29) is 24.8 Å². The van der Waals surface area contributed by atoms with Gasteiger partial charge in [0.25, 0.3) is 0 Å². The van der Waals surface area contributed by atoms with Crippen molar-refractivity contribution in [2.45, 2.75) is 38.9 Å². The Bertz CT molecular complexity index is 305. The van der Waals surface area contributed by atoms with Crippen LogP contribution in [-0.2, 0) is 4.74 Å². The van der Waals surface area contributed by atoms with Crippen molar-refractivity contribution in [2.24, 2.45) is 0 Å². The fourth-order valence-electron chi connectivity index (χ4n) is 2.16. The molecule has 1 heterocycles. The average Bonchev–Trinajstić information content (AvgIpc) is 2.45. The van der Waals surface area contributed by atoms with Gasteiger partial charge in [0.05, 0.1) is 12.7 Å². The molecule has 1 aliphatic rings. The second-order valence-electron chi connectivity index (χ2n) is 5.43. The van der Waals surface area contributed by atoms with Gasteiger partial charge in [-0.2, -0.15) is 0 Å². The predicted octanol–water partition coefficient (Wildman–Crippen LogP) is 1.65. The molecule has 1 fully saturated rings. The summed E-state index contributed by atoms with van der Waals surface area (Å²) in [5, 5.41) is 10.0. The molecule has 2 atom stereocenters. The van der Waals surface area contributed by atoms with Crippen molar-refractivity contribution < 1.29 is 9.84 Å². The number of nitrogens with zero attached hydrogens (tertiary/aromatic N) is 2. The highest BCUT2D eigenvalue weighted by molar-refractivity contribution is 5.85. The van der Waals surface area contributed by atoms with E-state index in [0.29, 0.717) is 13.2 Å². The van der Waals surface area contributed by atoms with Crippen LogP contribution in [-0.4, -0.2) is 72.5 Å². The maximum absolute atomic E-state index is 10.0. The van der Waals surface area contributed by atoms with Gasteiger partial charge in [0.2, 0.25) is 0 Å². The Hall–Kier alpha value is -0.0200. The van der Waals surface area contributed by atoms with E-state index in [1.54, 1.807) is 0 Å². The molecule has 1 N–H and O–H groups in total. The highest BCUT2D eigenvalue weighted by atomic mass is 35.5. The first-order valence-corrected chi connectivity index (χ1v) is 7.27. The molecular formula is C15H30Cl2N2O2. The minimum Gasteiger partial charge on any atom is -0.389 e. The monoisotopic (exact) mass is 340 g/mol. The van der Waals surface area contributed by atoms with Crippen LogP contribution in [0.15, 0.2) is 0 Å². The van der Waals surface area contributed by atoms with E-state index < -0.39 is 11.7 Å². The minimum atomic E-state index is -0.554. The van der Waals surface area contributed by atoms with Crippen LogP contribution in [0.3, 0.4) is 0 Å². The molecule has 0 radical (unpaired) electrons. The van der Waals surface area contributed by atoms with Crippen LogP contribution in [0.5, 0.6) is 0 Å². The Kier molecular flexibility index (Phi) is 12.8. The molecule has 0 aromatic heterocycles. The first-order chi connectivity index (χ1) is 9.03. The van der Waals surface area contributed by atoms with Crippen LogP contribution in [0.1, 0.15) is 27.2 Å². The molecule has 126 valence electrons. The van der Waals surface area contributed by atoms with E-state index in [0.717, 1.165) is 39.1 Å². The number of terminal acetylenes is 1. The van der Waals surface area contributed by atoms with Gasteiger partial charge >= 0.3 is 0 Å². The van der Waals surface area contributed by atoms with Crippen molar-refractivity contribution in [3.8, 4) is 12.3 Å². The quantitative estimate of drug-likeness (QED) is 0.715. The number of rotatable bonds is 7. The lowest BCUT2D eigenvalue weighted by atomic mass is 10.1. The third-order valence-electron chi connectivity index (χ3n) is 3.96. The third-order valence-corrected chi connectivity index (χ3v) is 3.96. The van der Waals surface area contributed by atoms with Crippen LogP contribution in [0.4, 0.5) is 0 Å². The van der Waals surface area contributed by atoms with E-state index in [9.17, 15) is 5.11 Å². The number of likely N-dealkylation sites (N-methyl/N-ethyl adjacent to an activating group) is 1. The van der Waals surface area contributed by atoms with Crippen LogP contribution in [0.2, 0.25) is 0 Å². The number of piperazine rings is 1. The molecule has 2 unspecified atom stereocenters. The summed E-state index contributed by atoms with van der Waals surface area (Å²) in [4.78, 5) is 4.71. The summed E-state index contributed by atoms with van der Waals surface area (Å²) < 4.78 is 5.65. The number of β-amino-alcohol motifs (C(OH)–C–C–N with tert-alkyl or cyclic N) is 1. The Balaban J connectivity index is 0. The second-order valence-corrected chi connectivity index (χ2v) is 5.43. The van der Waals surface area contributed by atoms with Crippen molar-refractivity contribution >= 4 is 24.8 Å². The summed E-state index contributed by atoms with van der Waals surface area (Å²) in [6.07, 6.45) is 5.74. The van der Waals surface area contributed by atoms with Gasteiger partial charge in [0.1, 0.15) is 5.60 Å².